The predicted molar refractivity (Wildman–Crippen MR) is 64.7 cm³/mol. The van der Waals surface area contributed by atoms with Crippen molar-refractivity contribution in [3.8, 4) is 5.75 Å². The van der Waals surface area contributed by atoms with Gasteiger partial charge < -0.3 is 9.64 Å². The molecule has 1 atom stereocenters. The quantitative estimate of drug-likeness (QED) is 0.764. The largest absolute Gasteiger partial charge is 0.496 e. The van der Waals surface area contributed by atoms with E-state index in [9.17, 15) is 4.79 Å². The number of benzene rings is 1. The van der Waals surface area contributed by atoms with Crippen molar-refractivity contribution in [2.45, 2.75) is 19.4 Å². The lowest BCUT2D eigenvalue weighted by atomic mass is 10.00. The maximum absolute atomic E-state index is 11.3. The Labute approximate surface area is 97.0 Å². The molecule has 1 rings (SSSR count). The van der Waals surface area contributed by atoms with E-state index in [0.717, 1.165) is 11.3 Å². The van der Waals surface area contributed by atoms with E-state index in [4.69, 9.17) is 4.74 Å². The van der Waals surface area contributed by atoms with Gasteiger partial charge in [-0.25, -0.2) is 0 Å². The Morgan fingerprint density at radius 1 is 1.38 bits per heavy atom. The van der Waals surface area contributed by atoms with Gasteiger partial charge in [0.05, 0.1) is 7.11 Å². The minimum absolute atomic E-state index is 0.0775. The van der Waals surface area contributed by atoms with Gasteiger partial charge in [0, 0.05) is 18.0 Å². The molecule has 1 unspecified atom stereocenters. The Kier molecular flexibility index (Phi) is 4.50. The molecule has 0 heterocycles. The normalized spacial score (nSPS) is 12.6. The first-order valence-electron chi connectivity index (χ1n) is 5.35. The van der Waals surface area contributed by atoms with Gasteiger partial charge in [0.2, 0.25) is 0 Å². The van der Waals surface area contributed by atoms with Crippen LogP contribution in [0.3, 0.4) is 0 Å². The zero-order valence-corrected chi connectivity index (χ0v) is 10.4. The molecule has 0 radical (unpaired) electrons. The second kappa shape index (κ2) is 5.66. The molecule has 1 aromatic carbocycles. The van der Waals surface area contributed by atoms with Gasteiger partial charge in [-0.3, -0.25) is 4.79 Å². The van der Waals surface area contributed by atoms with Gasteiger partial charge in [-0.05, 0) is 27.1 Å². The number of hydrogen-bond acceptors (Lipinski definition) is 3. The van der Waals surface area contributed by atoms with E-state index in [1.165, 1.54) is 0 Å². The summed E-state index contributed by atoms with van der Waals surface area (Å²) in [6.07, 6.45) is 0.507. The molecule has 0 saturated carbocycles. The standard InChI is InChI=1S/C13H19NO2/c1-10(15)9-12(14(2)3)11-7-5-6-8-13(11)16-4/h5-8,12H,9H2,1-4H3. The monoisotopic (exact) mass is 221 g/mol. The molecule has 0 aliphatic heterocycles. The maximum atomic E-state index is 11.3. The smallest absolute Gasteiger partial charge is 0.131 e. The van der Waals surface area contributed by atoms with Crippen LogP contribution in [0.15, 0.2) is 24.3 Å². The van der Waals surface area contributed by atoms with Gasteiger partial charge in [0.15, 0.2) is 0 Å². The SMILES string of the molecule is COc1ccccc1C(CC(C)=O)N(C)C. The van der Waals surface area contributed by atoms with Crippen molar-refractivity contribution < 1.29 is 9.53 Å². The van der Waals surface area contributed by atoms with E-state index < -0.39 is 0 Å². The Balaban J connectivity index is 3.05. The average Bonchev–Trinajstić information content (AvgIpc) is 2.25. The number of Topliss-reactive ketones (excluding diaryl/α,β-unsaturated/α-hetero) is 1. The van der Waals surface area contributed by atoms with Crippen LogP contribution in [0.25, 0.3) is 0 Å². The van der Waals surface area contributed by atoms with Crippen LogP contribution in [0, 0.1) is 0 Å². The summed E-state index contributed by atoms with van der Waals surface area (Å²) in [6.45, 7) is 1.62. The third-order valence-electron chi connectivity index (χ3n) is 2.60. The molecule has 16 heavy (non-hydrogen) atoms. The van der Waals surface area contributed by atoms with Crippen molar-refractivity contribution in [1.29, 1.82) is 0 Å². The Morgan fingerprint density at radius 3 is 2.50 bits per heavy atom. The number of carbonyl (C=O) groups excluding carboxylic acids is 1. The van der Waals surface area contributed by atoms with Crippen LogP contribution in [0.1, 0.15) is 24.9 Å². The summed E-state index contributed by atoms with van der Waals surface area (Å²) >= 11 is 0. The molecule has 0 saturated heterocycles. The number of rotatable bonds is 5. The van der Waals surface area contributed by atoms with Crippen LogP contribution in [-0.4, -0.2) is 31.9 Å². The first kappa shape index (κ1) is 12.7. The van der Waals surface area contributed by atoms with E-state index in [1.54, 1.807) is 14.0 Å². The van der Waals surface area contributed by atoms with Crippen molar-refractivity contribution in [1.82, 2.24) is 4.90 Å². The van der Waals surface area contributed by atoms with Crippen LogP contribution in [-0.2, 0) is 4.79 Å². The van der Waals surface area contributed by atoms with Gasteiger partial charge in [0.25, 0.3) is 0 Å². The molecule has 0 aromatic heterocycles. The molecule has 3 heteroatoms. The highest BCUT2D eigenvalue weighted by Gasteiger charge is 2.19. The lowest BCUT2D eigenvalue weighted by molar-refractivity contribution is -0.118. The van der Waals surface area contributed by atoms with Gasteiger partial charge >= 0.3 is 0 Å². The number of hydrogen-bond donors (Lipinski definition) is 0. The summed E-state index contributed by atoms with van der Waals surface area (Å²) in [5.41, 5.74) is 1.06. The van der Waals surface area contributed by atoms with E-state index >= 15 is 0 Å². The van der Waals surface area contributed by atoms with Crippen LogP contribution in [0.5, 0.6) is 5.75 Å². The minimum Gasteiger partial charge on any atom is -0.496 e. The van der Waals surface area contributed by atoms with E-state index in [1.807, 2.05) is 43.3 Å². The van der Waals surface area contributed by atoms with Crippen molar-refractivity contribution in [2.75, 3.05) is 21.2 Å². The molecule has 0 aliphatic carbocycles. The molecule has 88 valence electrons. The van der Waals surface area contributed by atoms with Gasteiger partial charge in [-0.1, -0.05) is 18.2 Å². The van der Waals surface area contributed by atoms with E-state index in [-0.39, 0.29) is 11.8 Å². The van der Waals surface area contributed by atoms with Crippen molar-refractivity contribution in [3.05, 3.63) is 29.8 Å². The van der Waals surface area contributed by atoms with E-state index in [0.29, 0.717) is 6.42 Å². The average molecular weight is 221 g/mol. The van der Waals surface area contributed by atoms with Crippen LogP contribution in [0.2, 0.25) is 0 Å². The van der Waals surface area contributed by atoms with Gasteiger partial charge in [-0.2, -0.15) is 0 Å². The third-order valence-corrected chi connectivity index (χ3v) is 2.60. The lowest BCUT2D eigenvalue weighted by Gasteiger charge is -2.25. The lowest BCUT2D eigenvalue weighted by Crippen LogP contribution is -2.22. The van der Waals surface area contributed by atoms with Gasteiger partial charge in [0.1, 0.15) is 11.5 Å². The molecule has 0 bridgehead atoms. The topological polar surface area (TPSA) is 29.5 Å². The second-order valence-corrected chi connectivity index (χ2v) is 4.13. The molecule has 0 spiro atoms. The Morgan fingerprint density at radius 2 is 2.00 bits per heavy atom. The summed E-state index contributed by atoms with van der Waals surface area (Å²) in [5, 5.41) is 0. The van der Waals surface area contributed by atoms with Crippen LogP contribution >= 0.6 is 0 Å². The molecular formula is C13H19NO2. The molecule has 0 amide bonds. The second-order valence-electron chi connectivity index (χ2n) is 4.13. The van der Waals surface area contributed by atoms with Crippen molar-refractivity contribution in [2.24, 2.45) is 0 Å². The number of methoxy groups -OCH3 is 1. The summed E-state index contributed by atoms with van der Waals surface area (Å²) in [5.74, 6) is 1.02. The number of ether oxygens (including phenoxy) is 1. The third kappa shape index (κ3) is 3.07. The van der Waals surface area contributed by atoms with Crippen LogP contribution in [0.4, 0.5) is 0 Å². The summed E-state index contributed by atoms with van der Waals surface area (Å²) in [6, 6.07) is 7.91. The summed E-state index contributed by atoms with van der Waals surface area (Å²) in [7, 11) is 5.60. The first-order chi connectivity index (χ1) is 7.56. The Bertz CT molecular complexity index is 361. The fourth-order valence-corrected chi connectivity index (χ4v) is 1.78. The minimum atomic E-state index is 0.0775. The highest BCUT2D eigenvalue weighted by molar-refractivity contribution is 5.76. The van der Waals surface area contributed by atoms with Crippen molar-refractivity contribution in [3.63, 3.8) is 0 Å². The van der Waals surface area contributed by atoms with Crippen molar-refractivity contribution >= 4 is 5.78 Å². The predicted octanol–water partition coefficient (Wildman–Crippen LogP) is 2.28. The summed E-state index contributed by atoms with van der Waals surface area (Å²) in [4.78, 5) is 13.3. The molecule has 0 aliphatic rings. The Hall–Kier alpha value is -1.35. The number of para-hydroxylation sites is 1. The number of nitrogens with zero attached hydrogens (tertiary/aromatic N) is 1. The highest BCUT2D eigenvalue weighted by Crippen LogP contribution is 2.30. The zero-order chi connectivity index (χ0) is 12.1. The molecule has 0 N–H and O–H groups in total. The number of ketones is 1. The van der Waals surface area contributed by atoms with Gasteiger partial charge in [-0.15, -0.1) is 0 Å². The zero-order valence-electron chi connectivity index (χ0n) is 10.4. The summed E-state index contributed by atoms with van der Waals surface area (Å²) < 4.78 is 5.32. The fraction of sp³-hybridized carbons (Fsp3) is 0.462. The molecular weight excluding hydrogens is 202 g/mol. The molecule has 1 aromatic rings. The maximum Gasteiger partial charge on any atom is 0.131 e. The van der Waals surface area contributed by atoms with Crippen LogP contribution < -0.4 is 4.74 Å². The number of carbonyl (C=O) groups is 1. The molecule has 0 fully saturated rings. The fourth-order valence-electron chi connectivity index (χ4n) is 1.78. The van der Waals surface area contributed by atoms with E-state index in [2.05, 4.69) is 0 Å². The molecule has 3 nitrogen and oxygen atoms in total. The highest BCUT2D eigenvalue weighted by atomic mass is 16.5. The first-order valence-corrected chi connectivity index (χ1v) is 5.35.